The third kappa shape index (κ3) is 2.70. The Balaban J connectivity index is 2.14. The smallest absolute Gasteiger partial charge is 0.185 e. The van der Waals surface area contributed by atoms with Gasteiger partial charge in [-0.3, -0.25) is 0 Å². The zero-order valence-electron chi connectivity index (χ0n) is 9.61. The molecule has 1 aromatic rings. The molecule has 16 heavy (non-hydrogen) atoms. The summed E-state index contributed by atoms with van der Waals surface area (Å²) in [5, 5.41) is 1.15. The standard InChI is InChI=1S/C11H18N2OS2/c1-2-3-9-10(8-15)16-11(12-9)13-4-6-14-7-5-13/h15H,2-8H2,1H3. The molecule has 0 bridgehead atoms. The molecular weight excluding hydrogens is 240 g/mol. The van der Waals surface area contributed by atoms with E-state index in [4.69, 9.17) is 9.72 Å². The van der Waals surface area contributed by atoms with Crippen LogP contribution in [0.15, 0.2) is 0 Å². The highest BCUT2D eigenvalue weighted by atomic mass is 32.1. The van der Waals surface area contributed by atoms with Crippen LogP contribution < -0.4 is 4.90 Å². The van der Waals surface area contributed by atoms with Crippen LogP contribution in [-0.4, -0.2) is 31.3 Å². The van der Waals surface area contributed by atoms with E-state index in [0.29, 0.717) is 0 Å². The second kappa shape index (κ2) is 5.89. The van der Waals surface area contributed by atoms with Gasteiger partial charge in [0.15, 0.2) is 5.13 Å². The van der Waals surface area contributed by atoms with E-state index in [2.05, 4.69) is 24.5 Å². The summed E-state index contributed by atoms with van der Waals surface area (Å²) < 4.78 is 5.35. The van der Waals surface area contributed by atoms with E-state index in [1.165, 1.54) is 10.6 Å². The van der Waals surface area contributed by atoms with Crippen molar-refractivity contribution in [2.45, 2.75) is 25.5 Å². The molecule has 0 radical (unpaired) electrons. The topological polar surface area (TPSA) is 25.4 Å². The van der Waals surface area contributed by atoms with Gasteiger partial charge in [-0.2, -0.15) is 12.6 Å². The van der Waals surface area contributed by atoms with E-state index in [-0.39, 0.29) is 0 Å². The van der Waals surface area contributed by atoms with Crippen molar-refractivity contribution in [3.8, 4) is 0 Å². The van der Waals surface area contributed by atoms with E-state index >= 15 is 0 Å². The van der Waals surface area contributed by atoms with Crippen molar-refractivity contribution < 1.29 is 4.74 Å². The van der Waals surface area contributed by atoms with Gasteiger partial charge in [-0.1, -0.05) is 13.3 Å². The first-order valence-corrected chi connectivity index (χ1v) is 7.22. The molecule has 0 saturated carbocycles. The summed E-state index contributed by atoms with van der Waals surface area (Å²) in [6, 6.07) is 0. The molecular formula is C11H18N2OS2. The molecule has 5 heteroatoms. The molecule has 1 fully saturated rings. The van der Waals surface area contributed by atoms with Crippen LogP contribution in [0.25, 0.3) is 0 Å². The second-order valence-corrected chi connectivity index (χ2v) is 5.25. The first-order valence-electron chi connectivity index (χ1n) is 5.77. The van der Waals surface area contributed by atoms with Crippen molar-refractivity contribution >= 4 is 29.1 Å². The predicted octanol–water partition coefficient (Wildman–Crippen LogP) is 2.36. The molecule has 0 aromatic carbocycles. The van der Waals surface area contributed by atoms with Gasteiger partial charge in [-0.25, -0.2) is 4.98 Å². The molecule has 3 nitrogen and oxygen atoms in total. The van der Waals surface area contributed by atoms with Gasteiger partial charge in [0, 0.05) is 23.7 Å². The maximum absolute atomic E-state index is 5.35. The molecule has 0 amide bonds. The molecule has 0 atom stereocenters. The molecule has 2 heterocycles. The maximum Gasteiger partial charge on any atom is 0.185 e. The highest BCUT2D eigenvalue weighted by molar-refractivity contribution is 7.79. The fourth-order valence-corrected chi connectivity index (χ4v) is 3.21. The number of hydrogen-bond acceptors (Lipinski definition) is 5. The average Bonchev–Trinajstić information content (AvgIpc) is 2.74. The Morgan fingerprint density at radius 2 is 2.19 bits per heavy atom. The van der Waals surface area contributed by atoms with Crippen molar-refractivity contribution in [1.29, 1.82) is 0 Å². The Labute approximate surface area is 106 Å². The summed E-state index contributed by atoms with van der Waals surface area (Å²) in [7, 11) is 0. The summed E-state index contributed by atoms with van der Waals surface area (Å²) in [6.07, 6.45) is 2.21. The number of morpholine rings is 1. The SMILES string of the molecule is CCCc1nc(N2CCOCC2)sc1CS. The van der Waals surface area contributed by atoms with Crippen LogP contribution in [0.5, 0.6) is 0 Å². The van der Waals surface area contributed by atoms with Crippen molar-refractivity contribution in [3.63, 3.8) is 0 Å². The minimum atomic E-state index is 0.803. The van der Waals surface area contributed by atoms with Gasteiger partial charge in [0.25, 0.3) is 0 Å². The number of aromatic nitrogens is 1. The van der Waals surface area contributed by atoms with Crippen LogP contribution in [0, 0.1) is 0 Å². The molecule has 0 N–H and O–H groups in total. The highest BCUT2D eigenvalue weighted by Gasteiger charge is 2.17. The van der Waals surface area contributed by atoms with E-state index < -0.39 is 0 Å². The van der Waals surface area contributed by atoms with E-state index in [0.717, 1.165) is 50.0 Å². The lowest BCUT2D eigenvalue weighted by Gasteiger charge is -2.26. The van der Waals surface area contributed by atoms with E-state index in [1.807, 2.05) is 0 Å². The highest BCUT2D eigenvalue weighted by Crippen LogP contribution is 2.28. The number of ether oxygens (including phenoxy) is 1. The zero-order valence-corrected chi connectivity index (χ0v) is 11.3. The van der Waals surface area contributed by atoms with E-state index in [9.17, 15) is 0 Å². The Kier molecular flexibility index (Phi) is 4.49. The lowest BCUT2D eigenvalue weighted by Crippen LogP contribution is -2.36. The number of nitrogens with zero attached hydrogens (tertiary/aromatic N) is 2. The maximum atomic E-state index is 5.35. The summed E-state index contributed by atoms with van der Waals surface area (Å²) >= 11 is 6.17. The molecule has 0 aliphatic carbocycles. The zero-order chi connectivity index (χ0) is 11.4. The molecule has 1 aliphatic rings. The number of rotatable bonds is 4. The van der Waals surface area contributed by atoms with Crippen LogP contribution in [0.4, 0.5) is 5.13 Å². The van der Waals surface area contributed by atoms with Crippen LogP contribution >= 0.6 is 24.0 Å². The summed E-state index contributed by atoms with van der Waals surface area (Å²) in [5.74, 6) is 0.803. The predicted molar refractivity (Wildman–Crippen MR) is 71.8 cm³/mol. The van der Waals surface area contributed by atoms with Crippen LogP contribution in [0.2, 0.25) is 0 Å². The fourth-order valence-electron chi connectivity index (χ4n) is 1.82. The molecule has 1 aromatic heterocycles. The van der Waals surface area contributed by atoms with Gasteiger partial charge >= 0.3 is 0 Å². The lowest BCUT2D eigenvalue weighted by molar-refractivity contribution is 0.122. The Morgan fingerprint density at radius 1 is 1.44 bits per heavy atom. The second-order valence-electron chi connectivity index (χ2n) is 3.87. The first kappa shape index (κ1) is 12.2. The summed E-state index contributed by atoms with van der Waals surface area (Å²) in [6.45, 7) is 5.75. The van der Waals surface area contributed by atoms with Crippen molar-refractivity contribution in [3.05, 3.63) is 10.6 Å². The Morgan fingerprint density at radius 3 is 2.81 bits per heavy atom. The molecule has 2 rings (SSSR count). The molecule has 0 spiro atoms. The number of anilines is 1. The number of aryl methyl sites for hydroxylation is 1. The van der Waals surface area contributed by atoms with Gasteiger partial charge in [0.2, 0.25) is 0 Å². The van der Waals surface area contributed by atoms with Crippen molar-refractivity contribution in [2.24, 2.45) is 0 Å². The van der Waals surface area contributed by atoms with Crippen LogP contribution in [0.3, 0.4) is 0 Å². The van der Waals surface area contributed by atoms with Gasteiger partial charge in [-0.05, 0) is 6.42 Å². The quantitative estimate of drug-likeness (QED) is 0.840. The van der Waals surface area contributed by atoms with Crippen molar-refractivity contribution in [2.75, 3.05) is 31.2 Å². The number of hydrogen-bond donors (Lipinski definition) is 1. The first-order chi connectivity index (χ1) is 7.85. The lowest BCUT2D eigenvalue weighted by atomic mass is 10.2. The Bertz CT molecular complexity index is 335. The number of thiazole rings is 1. The van der Waals surface area contributed by atoms with E-state index in [1.54, 1.807) is 11.3 Å². The van der Waals surface area contributed by atoms with Crippen molar-refractivity contribution in [1.82, 2.24) is 4.98 Å². The van der Waals surface area contributed by atoms with Crippen LogP contribution in [-0.2, 0) is 16.9 Å². The third-order valence-electron chi connectivity index (χ3n) is 2.68. The van der Waals surface area contributed by atoms with Gasteiger partial charge in [-0.15, -0.1) is 11.3 Å². The van der Waals surface area contributed by atoms with Gasteiger partial charge in [0.05, 0.1) is 18.9 Å². The Hall–Kier alpha value is -0.260. The molecule has 0 unspecified atom stereocenters. The normalized spacial score (nSPS) is 16.8. The third-order valence-corrected chi connectivity index (χ3v) is 4.37. The minimum Gasteiger partial charge on any atom is -0.378 e. The minimum absolute atomic E-state index is 0.803. The van der Waals surface area contributed by atoms with Gasteiger partial charge in [0.1, 0.15) is 0 Å². The monoisotopic (exact) mass is 258 g/mol. The van der Waals surface area contributed by atoms with Gasteiger partial charge < -0.3 is 9.64 Å². The molecule has 1 aliphatic heterocycles. The summed E-state index contributed by atoms with van der Waals surface area (Å²) in [4.78, 5) is 8.38. The fraction of sp³-hybridized carbons (Fsp3) is 0.727. The average molecular weight is 258 g/mol. The van der Waals surface area contributed by atoms with Crippen LogP contribution in [0.1, 0.15) is 23.9 Å². The molecule has 1 saturated heterocycles. The number of thiol groups is 1. The molecule has 90 valence electrons. The largest absolute Gasteiger partial charge is 0.378 e. The summed E-state index contributed by atoms with van der Waals surface area (Å²) in [5.41, 5.74) is 1.24.